The van der Waals surface area contributed by atoms with Crippen molar-refractivity contribution in [1.29, 1.82) is 0 Å². The van der Waals surface area contributed by atoms with Crippen LogP contribution in [0.1, 0.15) is 18.9 Å². The highest BCUT2D eigenvalue weighted by Crippen LogP contribution is 2.12. The highest BCUT2D eigenvalue weighted by atomic mass is 16.5. The lowest BCUT2D eigenvalue weighted by Gasteiger charge is -2.08. The van der Waals surface area contributed by atoms with Crippen LogP contribution in [0.25, 0.3) is 0 Å². The normalized spacial score (nSPS) is 10.1. The summed E-state index contributed by atoms with van der Waals surface area (Å²) in [7, 11) is 0. The predicted molar refractivity (Wildman–Crippen MR) is 74.5 cm³/mol. The Morgan fingerprint density at radius 3 is 2.80 bits per heavy atom. The van der Waals surface area contributed by atoms with E-state index in [9.17, 15) is 4.79 Å². The van der Waals surface area contributed by atoms with Crippen molar-refractivity contribution >= 4 is 12.0 Å². The van der Waals surface area contributed by atoms with Crippen LogP contribution in [0.15, 0.2) is 30.6 Å². The molecule has 0 saturated carbocycles. The van der Waals surface area contributed by atoms with Gasteiger partial charge in [0.1, 0.15) is 12.1 Å². The van der Waals surface area contributed by atoms with Crippen molar-refractivity contribution in [3.05, 3.63) is 36.2 Å². The molecule has 0 bridgehead atoms. The summed E-state index contributed by atoms with van der Waals surface area (Å²) in [6, 6.07) is 7.41. The first-order chi connectivity index (χ1) is 9.78. The van der Waals surface area contributed by atoms with E-state index in [1.807, 2.05) is 24.3 Å². The van der Waals surface area contributed by atoms with Gasteiger partial charge in [-0.15, -0.1) is 0 Å². The molecule has 2 amide bonds. The minimum Gasteiger partial charge on any atom is -0.473 e. The van der Waals surface area contributed by atoms with Crippen molar-refractivity contribution in [2.75, 3.05) is 12.0 Å². The summed E-state index contributed by atoms with van der Waals surface area (Å²) in [5, 5.41) is 11.2. The zero-order valence-corrected chi connectivity index (χ0v) is 11.2. The quantitative estimate of drug-likeness (QED) is 0.702. The number of carbonyl (C=O) groups is 1. The second kappa shape index (κ2) is 7.13. The number of amides is 2. The molecule has 0 saturated heterocycles. The van der Waals surface area contributed by atoms with Crippen LogP contribution in [0.3, 0.4) is 0 Å². The number of carbonyl (C=O) groups excluding carboxylic acids is 1. The summed E-state index contributed by atoms with van der Waals surface area (Å²) in [6.07, 6.45) is 3.48. The van der Waals surface area contributed by atoms with Gasteiger partial charge in [0.15, 0.2) is 6.73 Å². The number of nitrogens with zero attached hydrogens (tertiary/aromatic N) is 2. The number of nitrogens with one attached hydrogen (secondary N) is 3. The van der Waals surface area contributed by atoms with E-state index in [-0.39, 0.29) is 12.7 Å². The van der Waals surface area contributed by atoms with E-state index in [0.29, 0.717) is 5.75 Å². The van der Waals surface area contributed by atoms with E-state index in [1.54, 1.807) is 0 Å². The molecule has 7 nitrogen and oxygen atoms in total. The Balaban J connectivity index is 1.71. The first kappa shape index (κ1) is 13.9. The summed E-state index contributed by atoms with van der Waals surface area (Å²) in [6.45, 7) is 2.22. The fourth-order valence-electron chi connectivity index (χ4n) is 1.64. The van der Waals surface area contributed by atoms with Crippen LogP contribution in [-0.4, -0.2) is 27.9 Å². The van der Waals surface area contributed by atoms with Gasteiger partial charge in [-0.25, -0.2) is 9.89 Å². The highest BCUT2D eigenvalue weighted by molar-refractivity contribution is 5.87. The lowest BCUT2D eigenvalue weighted by Crippen LogP contribution is -2.32. The Hall–Kier alpha value is -2.57. The third-order valence-corrected chi connectivity index (χ3v) is 2.58. The average Bonchev–Trinajstić information content (AvgIpc) is 2.94. The third kappa shape index (κ3) is 4.27. The smallest absolute Gasteiger partial charge is 0.324 e. The zero-order chi connectivity index (χ0) is 14.2. The van der Waals surface area contributed by atoms with Crippen molar-refractivity contribution in [2.45, 2.75) is 19.8 Å². The molecule has 1 heterocycles. The summed E-state index contributed by atoms with van der Waals surface area (Å²) >= 11 is 0. The number of anilines is 1. The van der Waals surface area contributed by atoms with Gasteiger partial charge in [0.2, 0.25) is 5.95 Å². The van der Waals surface area contributed by atoms with Gasteiger partial charge in [0.25, 0.3) is 0 Å². The Bertz CT molecular complexity index is 524. The van der Waals surface area contributed by atoms with Crippen molar-refractivity contribution in [2.24, 2.45) is 0 Å². The van der Waals surface area contributed by atoms with E-state index >= 15 is 0 Å². The molecule has 2 rings (SSSR count). The molecule has 0 atom stereocenters. The van der Waals surface area contributed by atoms with Gasteiger partial charge in [-0.1, -0.05) is 25.5 Å². The molecular formula is C13H17N5O2. The molecule has 0 unspecified atom stereocenters. The first-order valence-corrected chi connectivity index (χ1v) is 6.40. The minimum atomic E-state index is -0.413. The number of rotatable bonds is 6. The number of hydrogen-bond acceptors (Lipinski definition) is 4. The van der Waals surface area contributed by atoms with Gasteiger partial charge in [-0.05, 0) is 24.1 Å². The SMILES string of the molecule is CCCc1ccc(OCNC(=O)Nc2ncn[nH]2)cc1. The molecule has 0 fully saturated rings. The van der Waals surface area contributed by atoms with Crippen molar-refractivity contribution < 1.29 is 9.53 Å². The molecule has 7 heteroatoms. The van der Waals surface area contributed by atoms with E-state index in [0.717, 1.165) is 12.8 Å². The van der Waals surface area contributed by atoms with Gasteiger partial charge in [0.05, 0.1) is 0 Å². The van der Waals surface area contributed by atoms with Gasteiger partial charge in [0, 0.05) is 0 Å². The number of H-pyrrole nitrogens is 1. The number of hydrogen-bond donors (Lipinski definition) is 3. The molecule has 20 heavy (non-hydrogen) atoms. The Morgan fingerprint density at radius 2 is 2.15 bits per heavy atom. The van der Waals surface area contributed by atoms with Gasteiger partial charge < -0.3 is 10.1 Å². The Morgan fingerprint density at radius 1 is 1.35 bits per heavy atom. The number of urea groups is 1. The highest BCUT2D eigenvalue weighted by Gasteiger charge is 2.02. The Kier molecular flexibility index (Phi) is 4.94. The van der Waals surface area contributed by atoms with E-state index in [2.05, 4.69) is 32.7 Å². The summed E-state index contributed by atoms with van der Waals surface area (Å²) in [5.41, 5.74) is 1.27. The van der Waals surface area contributed by atoms with Crippen molar-refractivity contribution in [1.82, 2.24) is 20.5 Å². The number of aromatic amines is 1. The molecule has 0 aliphatic rings. The fraction of sp³-hybridized carbons (Fsp3) is 0.308. The van der Waals surface area contributed by atoms with E-state index in [4.69, 9.17) is 4.74 Å². The van der Waals surface area contributed by atoms with Crippen LogP contribution in [0, 0.1) is 0 Å². The van der Waals surface area contributed by atoms with Gasteiger partial charge >= 0.3 is 6.03 Å². The molecule has 0 aliphatic heterocycles. The molecule has 106 valence electrons. The molecule has 1 aromatic carbocycles. The fourth-order valence-corrected chi connectivity index (χ4v) is 1.64. The maximum absolute atomic E-state index is 11.4. The molecule has 2 aromatic rings. The van der Waals surface area contributed by atoms with Crippen molar-refractivity contribution in [3.8, 4) is 5.75 Å². The topological polar surface area (TPSA) is 91.9 Å². The van der Waals surface area contributed by atoms with Crippen LogP contribution in [0.5, 0.6) is 5.75 Å². The van der Waals surface area contributed by atoms with E-state index in [1.165, 1.54) is 11.9 Å². The van der Waals surface area contributed by atoms with Crippen LogP contribution < -0.4 is 15.4 Å². The largest absolute Gasteiger partial charge is 0.473 e. The molecular weight excluding hydrogens is 258 g/mol. The second-order valence-electron chi connectivity index (χ2n) is 4.15. The van der Waals surface area contributed by atoms with Crippen LogP contribution in [0.4, 0.5) is 10.7 Å². The minimum absolute atomic E-state index is 0.0765. The second-order valence-corrected chi connectivity index (χ2v) is 4.15. The zero-order valence-electron chi connectivity index (χ0n) is 11.2. The summed E-state index contributed by atoms with van der Waals surface area (Å²) in [4.78, 5) is 15.2. The lowest BCUT2D eigenvalue weighted by atomic mass is 10.1. The van der Waals surface area contributed by atoms with Crippen LogP contribution in [0.2, 0.25) is 0 Å². The maximum atomic E-state index is 11.4. The van der Waals surface area contributed by atoms with Crippen LogP contribution >= 0.6 is 0 Å². The van der Waals surface area contributed by atoms with Gasteiger partial charge in [-0.3, -0.25) is 5.32 Å². The van der Waals surface area contributed by atoms with Crippen LogP contribution in [-0.2, 0) is 6.42 Å². The summed E-state index contributed by atoms with van der Waals surface area (Å²) < 4.78 is 5.41. The molecule has 3 N–H and O–H groups in total. The summed E-state index contributed by atoms with van der Waals surface area (Å²) in [5.74, 6) is 0.997. The number of aromatic nitrogens is 3. The standard InChI is InChI=1S/C13H17N5O2/c1-2-3-10-4-6-11(7-5-10)20-9-15-13(19)17-12-14-8-16-18-12/h4-8H,2-3,9H2,1H3,(H3,14,15,16,17,18,19). The molecule has 0 aliphatic carbocycles. The lowest BCUT2D eigenvalue weighted by molar-refractivity contribution is 0.234. The number of aryl methyl sites for hydroxylation is 1. The molecule has 1 aromatic heterocycles. The van der Waals surface area contributed by atoms with E-state index < -0.39 is 6.03 Å². The average molecular weight is 275 g/mol. The molecule has 0 spiro atoms. The monoisotopic (exact) mass is 275 g/mol. The number of ether oxygens (including phenoxy) is 1. The third-order valence-electron chi connectivity index (χ3n) is 2.58. The maximum Gasteiger partial charge on any atom is 0.324 e. The van der Waals surface area contributed by atoms with Gasteiger partial charge in [-0.2, -0.15) is 10.1 Å². The first-order valence-electron chi connectivity index (χ1n) is 6.40. The predicted octanol–water partition coefficient (Wildman–Crippen LogP) is 1.92. The Labute approximate surface area is 116 Å². The molecule has 0 radical (unpaired) electrons. The van der Waals surface area contributed by atoms with Crippen molar-refractivity contribution in [3.63, 3.8) is 0 Å². The number of benzene rings is 1.